The quantitative estimate of drug-likeness (QED) is 0.189. The number of sulfonamides is 1. The summed E-state index contributed by atoms with van der Waals surface area (Å²) in [6.45, 7) is 7.25. The van der Waals surface area contributed by atoms with Crippen LogP contribution >= 0.6 is 23.2 Å². The second-order valence-corrected chi connectivity index (χ2v) is 17.1. The van der Waals surface area contributed by atoms with Crippen LogP contribution in [0.4, 0.5) is 4.39 Å². The lowest BCUT2D eigenvalue weighted by atomic mass is 9.70. The second kappa shape index (κ2) is 13.8. The minimum atomic E-state index is -3.96. The van der Waals surface area contributed by atoms with Crippen LogP contribution in [0.3, 0.4) is 0 Å². The molecule has 3 aliphatic heterocycles. The SMILES string of the molecule is Cc1nc2ccccc2n1[C@H]1C[C@H]2CC[C@@H](C1)N2CCC1(c2cccc(F)c2)CCN(C(=O)c2c(Cl)ccc(S(=O)(=O)NC(C)C)c2Cl)CC1. The van der Waals surface area contributed by atoms with E-state index in [1.54, 1.807) is 30.9 Å². The zero-order valence-corrected chi connectivity index (χ0v) is 31.0. The first-order valence-corrected chi connectivity index (χ1v) is 19.9. The molecule has 2 bridgehead atoms. The minimum Gasteiger partial charge on any atom is -0.338 e. The van der Waals surface area contributed by atoms with E-state index in [2.05, 4.69) is 39.3 Å². The molecule has 12 heteroatoms. The van der Waals surface area contributed by atoms with Gasteiger partial charge < -0.3 is 9.47 Å². The van der Waals surface area contributed by atoms with Crippen molar-refractivity contribution in [3.8, 4) is 0 Å². The Balaban J connectivity index is 1.09. The molecule has 1 N–H and O–H groups in total. The van der Waals surface area contributed by atoms with Gasteiger partial charge in [0.25, 0.3) is 5.91 Å². The third kappa shape index (κ3) is 6.58. The molecule has 3 atom stereocenters. The number of aryl methyl sites for hydroxylation is 1. The van der Waals surface area contributed by atoms with Crippen LogP contribution in [0.5, 0.6) is 0 Å². The monoisotopic (exact) mass is 739 g/mol. The van der Waals surface area contributed by atoms with Crippen LogP contribution in [-0.4, -0.2) is 71.4 Å². The van der Waals surface area contributed by atoms with Crippen LogP contribution < -0.4 is 4.72 Å². The second-order valence-electron chi connectivity index (χ2n) is 14.6. The van der Waals surface area contributed by atoms with Crippen LogP contribution in [0.25, 0.3) is 11.0 Å². The average Bonchev–Trinajstić information content (AvgIpc) is 3.53. The van der Waals surface area contributed by atoms with Crippen LogP contribution in [0.15, 0.2) is 65.6 Å². The lowest BCUT2D eigenvalue weighted by Crippen LogP contribution is -2.49. The molecule has 4 aromatic rings. The number of amides is 1. The van der Waals surface area contributed by atoms with E-state index in [0.717, 1.165) is 42.7 Å². The summed E-state index contributed by atoms with van der Waals surface area (Å²) in [6, 6.07) is 19.0. The number of aromatic nitrogens is 2. The maximum atomic E-state index is 14.7. The normalized spacial score (nSPS) is 22.5. The Bertz CT molecular complexity index is 2010. The van der Waals surface area contributed by atoms with Gasteiger partial charge in [-0.25, -0.2) is 22.5 Å². The number of benzene rings is 3. The Hall–Kier alpha value is -3.02. The predicted molar refractivity (Wildman–Crippen MR) is 196 cm³/mol. The van der Waals surface area contributed by atoms with Gasteiger partial charge in [0, 0.05) is 37.3 Å². The van der Waals surface area contributed by atoms with Gasteiger partial charge in [0.15, 0.2) is 0 Å². The number of para-hydroxylation sites is 2. The zero-order chi connectivity index (χ0) is 35.4. The first-order valence-electron chi connectivity index (χ1n) is 17.6. The van der Waals surface area contributed by atoms with Crippen molar-refractivity contribution < 1.29 is 17.6 Å². The maximum Gasteiger partial charge on any atom is 0.256 e. The van der Waals surface area contributed by atoms with E-state index in [-0.39, 0.29) is 37.8 Å². The van der Waals surface area contributed by atoms with Gasteiger partial charge in [-0.05, 0) is 120 Å². The summed E-state index contributed by atoms with van der Waals surface area (Å²) >= 11 is 13.1. The third-order valence-corrected chi connectivity index (χ3v) is 13.8. The molecule has 3 aromatic carbocycles. The fourth-order valence-electron chi connectivity index (χ4n) is 8.90. The molecule has 8 nitrogen and oxygen atoms in total. The standard InChI is InChI=1S/C38H44Cl2FN5O3S/c1-24(2)43-50(48,49)34-14-13-31(39)35(36(34)40)37(47)44-18-15-38(16-19-44,26-7-6-8-27(41)21-26)17-20-45-28-11-12-29(45)23-30(22-28)46-25(3)42-32-9-4-5-10-33(32)46/h4-10,13-14,21,24,28-30,43H,11-12,15-20,22-23H2,1-3H3/t28-,29+,30+. The fourth-order valence-corrected chi connectivity index (χ4v) is 11.1. The van der Waals surface area contributed by atoms with Crippen LogP contribution in [0.1, 0.15) is 86.6 Å². The van der Waals surface area contributed by atoms with Crippen molar-refractivity contribution in [3.63, 3.8) is 0 Å². The molecule has 3 saturated heterocycles. The molecule has 50 heavy (non-hydrogen) atoms. The van der Waals surface area contributed by atoms with Crippen molar-refractivity contribution in [1.29, 1.82) is 0 Å². The Morgan fingerprint density at radius 3 is 2.38 bits per heavy atom. The van der Waals surface area contributed by atoms with Gasteiger partial charge in [0.1, 0.15) is 16.5 Å². The molecular weight excluding hydrogens is 696 g/mol. The summed E-state index contributed by atoms with van der Waals surface area (Å²) in [4.78, 5) is 23.0. The first kappa shape index (κ1) is 35.4. The highest BCUT2D eigenvalue weighted by molar-refractivity contribution is 7.89. The number of nitrogens with one attached hydrogen (secondary N) is 1. The molecular formula is C38H44Cl2FN5O3S. The van der Waals surface area contributed by atoms with E-state index in [1.165, 1.54) is 36.6 Å². The molecule has 3 fully saturated rings. The van der Waals surface area contributed by atoms with Gasteiger partial charge in [-0.15, -0.1) is 0 Å². The molecule has 0 unspecified atom stereocenters. The Morgan fingerprint density at radius 1 is 1.00 bits per heavy atom. The Kier molecular flexibility index (Phi) is 9.80. The van der Waals surface area contributed by atoms with Crippen molar-refractivity contribution in [2.24, 2.45) is 0 Å². The molecule has 266 valence electrons. The van der Waals surface area contributed by atoms with Gasteiger partial charge in [0.05, 0.1) is 26.6 Å². The van der Waals surface area contributed by atoms with Crippen molar-refractivity contribution in [3.05, 3.63) is 93.5 Å². The molecule has 1 aromatic heterocycles. The van der Waals surface area contributed by atoms with Gasteiger partial charge in [-0.1, -0.05) is 47.5 Å². The number of fused-ring (bicyclic) bond motifs is 3. The molecule has 4 heterocycles. The molecule has 1 amide bonds. The van der Waals surface area contributed by atoms with E-state index < -0.39 is 15.9 Å². The van der Waals surface area contributed by atoms with Crippen LogP contribution in [0, 0.1) is 12.7 Å². The van der Waals surface area contributed by atoms with E-state index in [4.69, 9.17) is 28.2 Å². The first-order chi connectivity index (χ1) is 23.9. The summed E-state index contributed by atoms with van der Waals surface area (Å²) in [5.74, 6) is 0.395. The summed E-state index contributed by atoms with van der Waals surface area (Å²) in [6.07, 6.45) is 6.62. The minimum absolute atomic E-state index is 0.0152. The Morgan fingerprint density at radius 2 is 1.70 bits per heavy atom. The maximum absolute atomic E-state index is 14.7. The molecule has 7 rings (SSSR count). The highest BCUT2D eigenvalue weighted by atomic mass is 35.5. The summed E-state index contributed by atoms with van der Waals surface area (Å²) < 4.78 is 45.7. The number of hydrogen-bond acceptors (Lipinski definition) is 5. The molecule has 3 aliphatic rings. The number of piperidine rings is 2. The van der Waals surface area contributed by atoms with Crippen LogP contribution in [-0.2, 0) is 15.4 Å². The van der Waals surface area contributed by atoms with Crippen LogP contribution in [0.2, 0.25) is 10.0 Å². The van der Waals surface area contributed by atoms with E-state index >= 15 is 0 Å². The summed E-state index contributed by atoms with van der Waals surface area (Å²) in [5.41, 5.74) is 2.87. The number of rotatable bonds is 9. The highest BCUT2D eigenvalue weighted by Gasteiger charge is 2.44. The fraction of sp³-hybridized carbons (Fsp3) is 0.474. The average molecular weight is 741 g/mol. The zero-order valence-electron chi connectivity index (χ0n) is 28.7. The van der Waals surface area contributed by atoms with Crippen molar-refractivity contribution in [2.45, 2.75) is 100 Å². The number of hydrogen-bond donors (Lipinski definition) is 1. The number of imidazole rings is 1. The van der Waals surface area contributed by atoms with Crippen molar-refractivity contribution in [2.75, 3.05) is 19.6 Å². The largest absolute Gasteiger partial charge is 0.338 e. The third-order valence-electron chi connectivity index (χ3n) is 11.2. The highest BCUT2D eigenvalue weighted by Crippen LogP contribution is 2.45. The Labute approximate surface area is 304 Å². The molecule has 0 saturated carbocycles. The summed E-state index contributed by atoms with van der Waals surface area (Å²) in [5, 5.41) is -0.0846. The van der Waals surface area contributed by atoms with Gasteiger partial charge >= 0.3 is 0 Å². The van der Waals surface area contributed by atoms with Gasteiger partial charge in [-0.3, -0.25) is 9.69 Å². The van der Waals surface area contributed by atoms with Crippen molar-refractivity contribution in [1.82, 2.24) is 24.1 Å². The predicted octanol–water partition coefficient (Wildman–Crippen LogP) is 7.91. The number of carbonyl (C=O) groups excluding carboxylic acids is 1. The topological polar surface area (TPSA) is 87.5 Å². The van der Waals surface area contributed by atoms with E-state index in [0.29, 0.717) is 44.1 Å². The molecule has 0 aliphatic carbocycles. The molecule has 0 radical (unpaired) electrons. The van der Waals surface area contributed by atoms with Gasteiger partial charge in [-0.2, -0.15) is 0 Å². The lowest BCUT2D eigenvalue weighted by molar-refractivity contribution is 0.0606. The van der Waals surface area contributed by atoms with E-state index in [9.17, 15) is 17.6 Å². The molecule has 0 spiro atoms. The van der Waals surface area contributed by atoms with Gasteiger partial charge in [0.2, 0.25) is 10.0 Å². The lowest BCUT2D eigenvalue weighted by Gasteiger charge is -2.45. The van der Waals surface area contributed by atoms with E-state index in [1.807, 2.05) is 12.1 Å². The number of halogens is 3. The van der Waals surface area contributed by atoms with Crippen molar-refractivity contribution >= 4 is 50.2 Å². The number of likely N-dealkylation sites (tertiary alicyclic amines) is 1. The smallest absolute Gasteiger partial charge is 0.256 e. The number of nitrogens with zero attached hydrogens (tertiary/aromatic N) is 4. The summed E-state index contributed by atoms with van der Waals surface area (Å²) in [7, 11) is -3.96. The number of carbonyl (C=O) groups is 1.